The maximum atomic E-state index is 12.7. The first kappa shape index (κ1) is 21.3. The molecule has 1 aromatic heterocycles. The molecule has 8 heteroatoms. The minimum atomic E-state index is -3.08. The lowest BCUT2D eigenvalue weighted by Gasteiger charge is -2.25. The Balaban J connectivity index is 1.70. The molecule has 29 heavy (non-hydrogen) atoms. The van der Waals surface area contributed by atoms with E-state index in [1.54, 1.807) is 28.4 Å². The smallest absolute Gasteiger partial charge is 0.247 e. The van der Waals surface area contributed by atoms with Gasteiger partial charge >= 0.3 is 0 Å². The highest BCUT2D eigenvalue weighted by atomic mass is 32.2. The van der Waals surface area contributed by atoms with Crippen molar-refractivity contribution in [2.45, 2.75) is 26.0 Å². The van der Waals surface area contributed by atoms with E-state index in [0.717, 1.165) is 16.3 Å². The average molecular weight is 433 g/mol. The molecule has 3 rings (SSSR count). The van der Waals surface area contributed by atoms with Crippen molar-refractivity contribution in [3.05, 3.63) is 64.6 Å². The van der Waals surface area contributed by atoms with E-state index < -0.39 is 9.84 Å². The molecule has 2 aromatic rings. The zero-order valence-electron chi connectivity index (χ0n) is 16.3. The van der Waals surface area contributed by atoms with Gasteiger partial charge in [-0.3, -0.25) is 4.79 Å². The Morgan fingerprint density at radius 2 is 2.21 bits per heavy atom. The molecule has 1 aliphatic rings. The van der Waals surface area contributed by atoms with Gasteiger partial charge in [-0.2, -0.15) is 0 Å². The standard InChI is InChI=1S/C21H24N2O4S2/c1-3-11-23(19-10-12-29(25,26)15-19)21(24)9-8-17-6-4-5-7-20(17)27-13-18-14-28-16(2)22-18/h3-9,14,19H,1,10-13,15H2,2H3/b9-8+. The Labute approximate surface area is 175 Å². The Bertz CT molecular complexity index is 1010. The topological polar surface area (TPSA) is 76.6 Å². The number of carbonyl (C=O) groups excluding carboxylic acids is 1. The molecule has 0 aliphatic carbocycles. The summed E-state index contributed by atoms with van der Waals surface area (Å²) < 4.78 is 29.4. The Morgan fingerprint density at radius 3 is 2.86 bits per heavy atom. The van der Waals surface area contributed by atoms with Crippen LogP contribution in [0.25, 0.3) is 6.08 Å². The number of hydrogen-bond acceptors (Lipinski definition) is 6. The van der Waals surface area contributed by atoms with Crippen molar-refractivity contribution in [3.63, 3.8) is 0 Å². The van der Waals surface area contributed by atoms with Crippen molar-refractivity contribution >= 4 is 33.2 Å². The first-order valence-corrected chi connectivity index (χ1v) is 12.0. The number of rotatable bonds is 8. The number of thiazole rings is 1. The van der Waals surface area contributed by atoms with Crippen LogP contribution in [0.4, 0.5) is 0 Å². The summed E-state index contributed by atoms with van der Waals surface area (Å²) in [7, 11) is -3.08. The van der Waals surface area contributed by atoms with E-state index in [4.69, 9.17) is 4.74 Å². The van der Waals surface area contributed by atoms with Gasteiger partial charge in [-0.15, -0.1) is 17.9 Å². The number of sulfone groups is 1. The maximum Gasteiger partial charge on any atom is 0.247 e. The number of para-hydroxylation sites is 1. The van der Waals surface area contributed by atoms with Gasteiger partial charge in [-0.1, -0.05) is 24.3 Å². The molecule has 0 N–H and O–H groups in total. The highest BCUT2D eigenvalue weighted by Crippen LogP contribution is 2.22. The lowest BCUT2D eigenvalue weighted by atomic mass is 10.1. The van der Waals surface area contributed by atoms with Crippen LogP contribution in [0.3, 0.4) is 0 Å². The van der Waals surface area contributed by atoms with Gasteiger partial charge in [0.25, 0.3) is 0 Å². The minimum Gasteiger partial charge on any atom is -0.487 e. The molecular formula is C21H24N2O4S2. The molecular weight excluding hydrogens is 408 g/mol. The van der Waals surface area contributed by atoms with Crippen LogP contribution in [0.15, 0.2) is 48.4 Å². The van der Waals surface area contributed by atoms with Crippen LogP contribution < -0.4 is 4.74 Å². The van der Waals surface area contributed by atoms with Crippen molar-refractivity contribution in [2.75, 3.05) is 18.1 Å². The quantitative estimate of drug-likeness (QED) is 0.473. The van der Waals surface area contributed by atoms with E-state index in [-0.39, 0.29) is 23.5 Å². The lowest BCUT2D eigenvalue weighted by Crippen LogP contribution is -2.40. The summed E-state index contributed by atoms with van der Waals surface area (Å²) in [4.78, 5) is 18.7. The van der Waals surface area contributed by atoms with E-state index in [1.807, 2.05) is 36.6 Å². The molecule has 1 fully saturated rings. The van der Waals surface area contributed by atoms with E-state index in [2.05, 4.69) is 11.6 Å². The molecule has 0 bridgehead atoms. The Morgan fingerprint density at radius 1 is 1.41 bits per heavy atom. The van der Waals surface area contributed by atoms with E-state index in [9.17, 15) is 13.2 Å². The van der Waals surface area contributed by atoms with Crippen LogP contribution in [-0.2, 0) is 21.2 Å². The van der Waals surface area contributed by atoms with Crippen LogP contribution in [0.2, 0.25) is 0 Å². The van der Waals surface area contributed by atoms with Crippen LogP contribution in [0.1, 0.15) is 22.7 Å². The predicted molar refractivity (Wildman–Crippen MR) is 116 cm³/mol. The lowest BCUT2D eigenvalue weighted by molar-refractivity contribution is -0.127. The Hall–Kier alpha value is -2.45. The number of amides is 1. The van der Waals surface area contributed by atoms with E-state index in [1.165, 1.54) is 6.08 Å². The third-order valence-corrected chi connectivity index (χ3v) is 7.20. The molecule has 1 aromatic carbocycles. The summed E-state index contributed by atoms with van der Waals surface area (Å²) in [5.74, 6) is 0.542. The molecule has 1 amide bonds. The third-order valence-electron chi connectivity index (χ3n) is 4.62. The highest BCUT2D eigenvalue weighted by molar-refractivity contribution is 7.91. The minimum absolute atomic E-state index is 0.00712. The fourth-order valence-electron chi connectivity index (χ4n) is 3.21. The van der Waals surface area contributed by atoms with Crippen molar-refractivity contribution in [1.82, 2.24) is 9.88 Å². The maximum absolute atomic E-state index is 12.7. The molecule has 1 atom stereocenters. The van der Waals surface area contributed by atoms with Crippen LogP contribution >= 0.6 is 11.3 Å². The summed E-state index contributed by atoms with van der Waals surface area (Å²) in [6.45, 7) is 6.29. The average Bonchev–Trinajstić information content (AvgIpc) is 3.27. The number of benzene rings is 1. The molecule has 2 heterocycles. The molecule has 0 radical (unpaired) electrons. The highest BCUT2D eigenvalue weighted by Gasteiger charge is 2.33. The van der Waals surface area contributed by atoms with Gasteiger partial charge < -0.3 is 9.64 Å². The van der Waals surface area contributed by atoms with Crippen LogP contribution in [-0.4, -0.2) is 48.3 Å². The summed E-state index contributed by atoms with van der Waals surface area (Å²) in [5.41, 5.74) is 1.63. The van der Waals surface area contributed by atoms with Crippen LogP contribution in [0.5, 0.6) is 5.75 Å². The van der Waals surface area contributed by atoms with E-state index in [0.29, 0.717) is 25.3 Å². The number of aromatic nitrogens is 1. The summed E-state index contributed by atoms with van der Waals surface area (Å²) in [6.07, 6.45) is 5.24. The molecule has 0 saturated carbocycles. The van der Waals surface area contributed by atoms with Crippen molar-refractivity contribution in [3.8, 4) is 5.75 Å². The SMILES string of the molecule is C=CCN(C(=O)/C=C/c1ccccc1OCc1csc(C)n1)C1CCS(=O)(=O)C1. The van der Waals surface area contributed by atoms with Gasteiger partial charge in [0, 0.05) is 29.6 Å². The predicted octanol–water partition coefficient (Wildman–Crippen LogP) is 3.25. The number of aryl methyl sites for hydroxylation is 1. The van der Waals surface area contributed by atoms with Gasteiger partial charge in [0.05, 0.1) is 22.2 Å². The van der Waals surface area contributed by atoms with Crippen molar-refractivity contribution in [1.29, 1.82) is 0 Å². The summed E-state index contributed by atoms with van der Waals surface area (Å²) in [6, 6.07) is 7.13. The van der Waals surface area contributed by atoms with Gasteiger partial charge in [0.2, 0.25) is 5.91 Å². The second-order valence-corrected chi connectivity index (χ2v) is 10.1. The Kier molecular flexibility index (Phi) is 6.87. The zero-order chi connectivity index (χ0) is 20.9. The number of ether oxygens (including phenoxy) is 1. The fourth-order valence-corrected chi connectivity index (χ4v) is 5.54. The van der Waals surface area contributed by atoms with Crippen molar-refractivity contribution < 1.29 is 17.9 Å². The number of nitrogens with zero attached hydrogens (tertiary/aromatic N) is 2. The second-order valence-electron chi connectivity index (χ2n) is 6.85. The largest absolute Gasteiger partial charge is 0.487 e. The van der Waals surface area contributed by atoms with Gasteiger partial charge in [-0.05, 0) is 25.5 Å². The molecule has 1 unspecified atom stereocenters. The molecule has 154 valence electrons. The fraction of sp³-hybridized carbons (Fsp3) is 0.333. The normalized spacial score (nSPS) is 18.0. The zero-order valence-corrected chi connectivity index (χ0v) is 17.9. The first-order chi connectivity index (χ1) is 13.9. The number of carbonyl (C=O) groups is 1. The second kappa shape index (κ2) is 9.37. The number of hydrogen-bond donors (Lipinski definition) is 0. The molecule has 1 saturated heterocycles. The molecule has 0 spiro atoms. The monoisotopic (exact) mass is 432 g/mol. The molecule has 6 nitrogen and oxygen atoms in total. The van der Waals surface area contributed by atoms with Crippen molar-refractivity contribution in [2.24, 2.45) is 0 Å². The van der Waals surface area contributed by atoms with Gasteiger partial charge in [0.1, 0.15) is 12.4 Å². The third kappa shape index (κ3) is 5.77. The van der Waals surface area contributed by atoms with Crippen LogP contribution in [0, 0.1) is 6.92 Å². The first-order valence-electron chi connectivity index (χ1n) is 9.31. The summed E-state index contributed by atoms with van der Waals surface area (Å²) >= 11 is 1.57. The molecule has 1 aliphatic heterocycles. The summed E-state index contributed by atoms with van der Waals surface area (Å²) in [5, 5.41) is 2.94. The van der Waals surface area contributed by atoms with E-state index >= 15 is 0 Å². The van der Waals surface area contributed by atoms with Gasteiger partial charge in [0.15, 0.2) is 9.84 Å². The van der Waals surface area contributed by atoms with Gasteiger partial charge in [-0.25, -0.2) is 13.4 Å².